The molecule has 0 aliphatic heterocycles. The molecule has 1 fully saturated rings. The molecule has 2 atom stereocenters. The maximum absolute atomic E-state index is 13.1. The highest BCUT2D eigenvalue weighted by molar-refractivity contribution is 5.33. The number of methoxy groups -OCH3 is 1. The van der Waals surface area contributed by atoms with Crippen LogP contribution in [0.3, 0.4) is 0 Å². The van der Waals surface area contributed by atoms with E-state index in [2.05, 4.69) is 5.32 Å². The topological polar surface area (TPSA) is 21.3 Å². The molecule has 2 nitrogen and oxygen atoms in total. The first-order valence-corrected chi connectivity index (χ1v) is 6.35. The van der Waals surface area contributed by atoms with Crippen LogP contribution in [0, 0.1) is 5.92 Å². The molecule has 0 spiro atoms. The van der Waals surface area contributed by atoms with Gasteiger partial charge in [-0.3, -0.25) is 0 Å². The molecule has 1 aliphatic rings. The highest BCUT2D eigenvalue weighted by atomic mass is 19.4. The van der Waals surface area contributed by atoms with Gasteiger partial charge in [-0.1, -0.05) is 18.2 Å². The molecule has 0 amide bonds. The van der Waals surface area contributed by atoms with E-state index in [1.807, 2.05) is 0 Å². The molecule has 19 heavy (non-hydrogen) atoms. The number of ether oxygens (including phenoxy) is 1. The Kier molecular flexibility index (Phi) is 4.16. The van der Waals surface area contributed by atoms with Crippen LogP contribution in [-0.4, -0.2) is 20.3 Å². The van der Waals surface area contributed by atoms with Crippen molar-refractivity contribution in [1.82, 2.24) is 5.32 Å². The molecule has 0 heterocycles. The number of halogens is 3. The van der Waals surface area contributed by atoms with Crippen LogP contribution in [-0.2, 0) is 10.9 Å². The largest absolute Gasteiger partial charge is 0.416 e. The lowest BCUT2D eigenvalue weighted by molar-refractivity contribution is -0.138. The van der Waals surface area contributed by atoms with Crippen LogP contribution < -0.4 is 5.32 Å². The van der Waals surface area contributed by atoms with E-state index < -0.39 is 17.8 Å². The molecule has 1 aromatic rings. The second-order valence-electron chi connectivity index (χ2n) is 4.89. The maximum Gasteiger partial charge on any atom is 0.416 e. The Morgan fingerprint density at radius 1 is 1.26 bits per heavy atom. The van der Waals surface area contributed by atoms with Gasteiger partial charge in [-0.05, 0) is 37.4 Å². The van der Waals surface area contributed by atoms with E-state index in [0.717, 1.165) is 18.9 Å². The molecule has 2 unspecified atom stereocenters. The van der Waals surface area contributed by atoms with Crippen molar-refractivity contribution in [3.63, 3.8) is 0 Å². The van der Waals surface area contributed by atoms with Gasteiger partial charge in [-0.2, -0.15) is 13.2 Å². The molecular weight excluding hydrogens is 255 g/mol. The monoisotopic (exact) mass is 273 g/mol. The van der Waals surface area contributed by atoms with E-state index in [0.29, 0.717) is 5.92 Å². The Bertz CT molecular complexity index is 429. The van der Waals surface area contributed by atoms with Crippen LogP contribution in [0.1, 0.15) is 30.0 Å². The Balaban J connectivity index is 2.37. The number of alkyl halides is 3. The summed E-state index contributed by atoms with van der Waals surface area (Å²) in [7, 11) is 3.23. The van der Waals surface area contributed by atoms with Crippen LogP contribution in [0.15, 0.2) is 24.3 Å². The first-order chi connectivity index (χ1) is 8.99. The lowest BCUT2D eigenvalue weighted by Crippen LogP contribution is -2.34. The van der Waals surface area contributed by atoms with Crippen molar-refractivity contribution in [1.29, 1.82) is 0 Å². The van der Waals surface area contributed by atoms with E-state index in [4.69, 9.17) is 4.74 Å². The second kappa shape index (κ2) is 5.51. The maximum atomic E-state index is 13.1. The van der Waals surface area contributed by atoms with Crippen LogP contribution in [0.25, 0.3) is 0 Å². The number of rotatable bonds is 5. The van der Waals surface area contributed by atoms with Crippen molar-refractivity contribution in [2.24, 2.45) is 5.92 Å². The number of nitrogens with one attached hydrogen (secondary N) is 1. The van der Waals surface area contributed by atoms with Crippen molar-refractivity contribution < 1.29 is 17.9 Å². The van der Waals surface area contributed by atoms with E-state index >= 15 is 0 Å². The van der Waals surface area contributed by atoms with Gasteiger partial charge in [0.25, 0.3) is 0 Å². The minimum atomic E-state index is -4.34. The zero-order valence-corrected chi connectivity index (χ0v) is 11.0. The van der Waals surface area contributed by atoms with Crippen LogP contribution in [0.2, 0.25) is 0 Å². The Labute approximate surface area is 111 Å². The fraction of sp³-hybridized carbons (Fsp3) is 0.571. The molecule has 0 aromatic heterocycles. The molecule has 5 heteroatoms. The molecule has 1 aromatic carbocycles. The summed E-state index contributed by atoms with van der Waals surface area (Å²) in [6, 6.07) is 5.26. The number of hydrogen-bond acceptors (Lipinski definition) is 2. The lowest BCUT2D eigenvalue weighted by atomic mass is 9.93. The van der Waals surface area contributed by atoms with E-state index in [1.54, 1.807) is 20.2 Å². The third kappa shape index (κ3) is 3.09. The molecule has 1 aliphatic carbocycles. The average molecular weight is 273 g/mol. The molecule has 1 N–H and O–H groups in total. The molecular formula is C14H18F3NO. The minimum absolute atomic E-state index is 0.214. The molecule has 106 valence electrons. The summed E-state index contributed by atoms with van der Waals surface area (Å²) >= 11 is 0. The lowest BCUT2D eigenvalue weighted by Gasteiger charge is -2.28. The zero-order valence-electron chi connectivity index (χ0n) is 11.0. The molecule has 0 saturated heterocycles. The SMILES string of the molecule is CNC(c1ccccc1C(F)(F)F)C(OC)C1CC1. The third-order valence-electron chi connectivity index (χ3n) is 3.60. The number of hydrogen-bond donors (Lipinski definition) is 1. The molecule has 2 rings (SSSR count). The summed E-state index contributed by atoms with van der Waals surface area (Å²) < 4.78 is 44.6. The molecule has 0 radical (unpaired) electrons. The van der Waals surface area contributed by atoms with Crippen molar-refractivity contribution in [2.45, 2.75) is 31.2 Å². The summed E-state index contributed by atoms with van der Waals surface area (Å²) in [6.07, 6.45) is -2.52. The smallest absolute Gasteiger partial charge is 0.379 e. The predicted molar refractivity (Wildman–Crippen MR) is 66.8 cm³/mol. The standard InChI is InChI=1S/C14H18F3NO/c1-18-12(13(19-2)9-7-8-9)10-5-3-4-6-11(10)14(15,16)17/h3-6,9,12-13,18H,7-8H2,1-2H3. The van der Waals surface area contributed by atoms with E-state index in [9.17, 15) is 13.2 Å². The average Bonchev–Trinajstić information content (AvgIpc) is 3.19. The van der Waals surface area contributed by atoms with Crippen molar-refractivity contribution in [3.05, 3.63) is 35.4 Å². The van der Waals surface area contributed by atoms with Gasteiger partial charge in [-0.25, -0.2) is 0 Å². The van der Waals surface area contributed by atoms with Crippen LogP contribution >= 0.6 is 0 Å². The zero-order chi connectivity index (χ0) is 14.0. The highest BCUT2D eigenvalue weighted by Gasteiger charge is 2.41. The second-order valence-corrected chi connectivity index (χ2v) is 4.89. The van der Waals surface area contributed by atoms with E-state index in [-0.39, 0.29) is 11.7 Å². The van der Waals surface area contributed by atoms with Crippen molar-refractivity contribution in [3.8, 4) is 0 Å². The predicted octanol–water partition coefficient (Wildman–Crippen LogP) is 3.39. The summed E-state index contributed by atoms with van der Waals surface area (Å²) in [5, 5.41) is 2.98. The Morgan fingerprint density at radius 3 is 2.37 bits per heavy atom. The summed E-state index contributed by atoms with van der Waals surface area (Å²) in [4.78, 5) is 0. The van der Waals surface area contributed by atoms with Crippen molar-refractivity contribution >= 4 is 0 Å². The third-order valence-corrected chi connectivity index (χ3v) is 3.60. The van der Waals surface area contributed by atoms with Gasteiger partial charge in [-0.15, -0.1) is 0 Å². The Morgan fingerprint density at radius 2 is 1.89 bits per heavy atom. The normalized spacial score (nSPS) is 19.2. The highest BCUT2D eigenvalue weighted by Crippen LogP contribution is 2.42. The molecule has 1 saturated carbocycles. The summed E-state index contributed by atoms with van der Waals surface area (Å²) in [5.41, 5.74) is -0.326. The van der Waals surface area contributed by atoms with Crippen LogP contribution in [0.4, 0.5) is 13.2 Å². The van der Waals surface area contributed by atoms with Gasteiger partial charge in [0.05, 0.1) is 17.7 Å². The number of benzene rings is 1. The Hall–Kier alpha value is -1.07. The van der Waals surface area contributed by atoms with Gasteiger partial charge in [0.1, 0.15) is 0 Å². The fourth-order valence-corrected chi connectivity index (χ4v) is 2.55. The van der Waals surface area contributed by atoms with Gasteiger partial charge < -0.3 is 10.1 Å². The number of likely N-dealkylation sites (N-methyl/N-ethyl adjacent to an activating group) is 1. The van der Waals surface area contributed by atoms with Gasteiger partial charge in [0.2, 0.25) is 0 Å². The van der Waals surface area contributed by atoms with E-state index in [1.165, 1.54) is 12.1 Å². The minimum Gasteiger partial charge on any atom is -0.379 e. The first kappa shape index (κ1) is 14.3. The summed E-state index contributed by atoms with van der Waals surface area (Å²) in [6.45, 7) is 0. The first-order valence-electron chi connectivity index (χ1n) is 6.35. The van der Waals surface area contributed by atoms with Gasteiger partial charge in [0, 0.05) is 7.11 Å². The van der Waals surface area contributed by atoms with Crippen molar-refractivity contribution in [2.75, 3.05) is 14.2 Å². The fourth-order valence-electron chi connectivity index (χ4n) is 2.55. The van der Waals surface area contributed by atoms with Gasteiger partial charge in [0.15, 0.2) is 0 Å². The molecule has 0 bridgehead atoms. The quantitative estimate of drug-likeness (QED) is 0.888. The van der Waals surface area contributed by atoms with Crippen LogP contribution in [0.5, 0.6) is 0 Å². The van der Waals surface area contributed by atoms with Gasteiger partial charge >= 0.3 is 6.18 Å². The summed E-state index contributed by atoms with van der Waals surface area (Å²) in [5.74, 6) is 0.351.